The Balaban J connectivity index is 1.94. The number of aryl methyl sites for hydroxylation is 1. The molecule has 1 aromatic carbocycles. The summed E-state index contributed by atoms with van der Waals surface area (Å²) in [7, 11) is 1.31. The fourth-order valence-electron chi connectivity index (χ4n) is 2.59. The number of hydrazone groups is 1. The van der Waals surface area contributed by atoms with Gasteiger partial charge in [-0.15, -0.1) is 11.3 Å². The van der Waals surface area contributed by atoms with E-state index >= 15 is 0 Å². The van der Waals surface area contributed by atoms with Crippen LogP contribution in [0.15, 0.2) is 46.9 Å². The summed E-state index contributed by atoms with van der Waals surface area (Å²) in [5.41, 5.74) is 4.73. The predicted octanol–water partition coefficient (Wildman–Crippen LogP) is 2.52. The van der Waals surface area contributed by atoms with Gasteiger partial charge in [0, 0.05) is 10.4 Å². The third kappa shape index (κ3) is 2.90. The maximum atomic E-state index is 12.8. The topological polar surface area (TPSA) is 67.8 Å². The minimum absolute atomic E-state index is 0.0916. The first-order valence-corrected chi connectivity index (χ1v) is 8.05. The summed E-state index contributed by atoms with van der Waals surface area (Å²) in [5.74, 6) is -1.04. The molecule has 1 N–H and O–H groups in total. The summed E-state index contributed by atoms with van der Waals surface area (Å²) >= 11 is 1.49. The van der Waals surface area contributed by atoms with E-state index in [1.165, 1.54) is 18.4 Å². The van der Waals surface area contributed by atoms with Gasteiger partial charge in [0.1, 0.15) is 6.04 Å². The van der Waals surface area contributed by atoms with Gasteiger partial charge in [-0.1, -0.05) is 35.9 Å². The van der Waals surface area contributed by atoms with Crippen molar-refractivity contribution in [3.8, 4) is 0 Å². The molecule has 1 aliphatic heterocycles. The fraction of sp³-hybridized carbons (Fsp3) is 0.235. The first kappa shape index (κ1) is 15.4. The van der Waals surface area contributed by atoms with Crippen LogP contribution in [0.5, 0.6) is 0 Å². The van der Waals surface area contributed by atoms with Crippen molar-refractivity contribution in [3.63, 3.8) is 0 Å². The Kier molecular flexibility index (Phi) is 4.25. The second kappa shape index (κ2) is 6.34. The van der Waals surface area contributed by atoms with E-state index < -0.39 is 17.9 Å². The summed E-state index contributed by atoms with van der Waals surface area (Å²) in [5, 5.41) is 5.98. The molecule has 2 unspecified atom stereocenters. The van der Waals surface area contributed by atoms with Gasteiger partial charge in [-0.25, -0.2) is 4.79 Å². The monoisotopic (exact) mass is 328 g/mol. The van der Waals surface area contributed by atoms with Gasteiger partial charge in [0.05, 0.1) is 13.0 Å². The van der Waals surface area contributed by atoms with E-state index in [4.69, 9.17) is 4.74 Å². The number of ether oxygens (including phenoxy) is 1. The van der Waals surface area contributed by atoms with Crippen molar-refractivity contribution in [2.45, 2.75) is 18.9 Å². The SMILES string of the molecule is COC(=O)C1=NNC(C(=O)c2ccc(C)cc2)C1c1cccs1. The summed E-state index contributed by atoms with van der Waals surface area (Å²) in [4.78, 5) is 25.7. The second-order valence-corrected chi connectivity index (χ2v) is 6.30. The number of carbonyl (C=O) groups excluding carboxylic acids is 2. The first-order chi connectivity index (χ1) is 11.1. The summed E-state index contributed by atoms with van der Waals surface area (Å²) in [6.45, 7) is 1.97. The standard InChI is InChI=1S/C17H16N2O3S/c1-10-5-7-11(8-6-10)16(20)14-13(12-4-3-9-23-12)15(19-18-14)17(21)22-2/h3-9,13-14,18H,1-2H3. The lowest BCUT2D eigenvalue weighted by molar-refractivity contribution is -0.132. The lowest BCUT2D eigenvalue weighted by Crippen LogP contribution is -2.37. The van der Waals surface area contributed by atoms with Crippen LogP contribution in [0.4, 0.5) is 0 Å². The molecular weight excluding hydrogens is 312 g/mol. The quantitative estimate of drug-likeness (QED) is 0.692. The summed E-state index contributed by atoms with van der Waals surface area (Å²) < 4.78 is 4.80. The number of Topliss-reactive ketones (excluding diaryl/α,β-unsaturated/α-hetero) is 1. The number of thiophene rings is 1. The molecule has 0 aliphatic carbocycles. The van der Waals surface area contributed by atoms with Gasteiger partial charge >= 0.3 is 5.97 Å². The lowest BCUT2D eigenvalue weighted by atomic mass is 9.88. The minimum atomic E-state index is -0.606. The molecule has 118 valence electrons. The predicted molar refractivity (Wildman–Crippen MR) is 88.9 cm³/mol. The van der Waals surface area contributed by atoms with E-state index in [-0.39, 0.29) is 11.5 Å². The Morgan fingerprint density at radius 2 is 1.96 bits per heavy atom. The molecule has 0 bridgehead atoms. The van der Waals surface area contributed by atoms with Crippen molar-refractivity contribution in [3.05, 3.63) is 57.8 Å². The number of carbonyl (C=O) groups is 2. The number of rotatable bonds is 4. The van der Waals surface area contributed by atoms with E-state index in [9.17, 15) is 9.59 Å². The fourth-order valence-corrected chi connectivity index (χ4v) is 3.46. The van der Waals surface area contributed by atoms with Crippen LogP contribution in [0, 0.1) is 6.92 Å². The van der Waals surface area contributed by atoms with Crippen molar-refractivity contribution < 1.29 is 14.3 Å². The van der Waals surface area contributed by atoms with Crippen LogP contribution in [0.2, 0.25) is 0 Å². The molecule has 0 saturated carbocycles. The van der Waals surface area contributed by atoms with Gasteiger partial charge in [-0.3, -0.25) is 10.2 Å². The molecule has 5 nitrogen and oxygen atoms in total. The van der Waals surface area contributed by atoms with E-state index in [0.29, 0.717) is 5.56 Å². The number of hydrogen-bond acceptors (Lipinski definition) is 6. The molecule has 6 heteroatoms. The van der Waals surface area contributed by atoms with Crippen molar-refractivity contribution in [2.75, 3.05) is 7.11 Å². The normalized spacial score (nSPS) is 19.8. The van der Waals surface area contributed by atoms with E-state index in [2.05, 4.69) is 10.5 Å². The number of methoxy groups -OCH3 is 1. The van der Waals surface area contributed by atoms with Crippen LogP contribution >= 0.6 is 11.3 Å². The molecule has 1 aromatic heterocycles. The lowest BCUT2D eigenvalue weighted by Gasteiger charge is -2.18. The average molecular weight is 328 g/mol. The Labute approximate surface area is 138 Å². The van der Waals surface area contributed by atoms with Crippen molar-refractivity contribution in [1.29, 1.82) is 0 Å². The number of ketones is 1. The third-order valence-electron chi connectivity index (χ3n) is 3.81. The molecular formula is C17H16N2O3S. The zero-order chi connectivity index (χ0) is 16.4. The van der Waals surface area contributed by atoms with Crippen LogP contribution in [-0.4, -0.2) is 30.6 Å². The van der Waals surface area contributed by atoms with Gasteiger partial charge in [0.25, 0.3) is 0 Å². The molecule has 0 fully saturated rings. The maximum Gasteiger partial charge on any atom is 0.354 e. The molecule has 1 aliphatic rings. The Bertz CT molecular complexity index is 751. The molecule has 0 saturated heterocycles. The van der Waals surface area contributed by atoms with Gasteiger partial charge in [-0.2, -0.15) is 5.10 Å². The number of nitrogens with zero attached hydrogens (tertiary/aromatic N) is 1. The van der Waals surface area contributed by atoms with Gasteiger partial charge < -0.3 is 4.74 Å². The molecule has 0 spiro atoms. The summed E-state index contributed by atoms with van der Waals surface area (Å²) in [6, 6.07) is 10.6. The smallest absolute Gasteiger partial charge is 0.354 e. The highest BCUT2D eigenvalue weighted by atomic mass is 32.1. The van der Waals surface area contributed by atoms with Crippen LogP contribution in [0.3, 0.4) is 0 Å². The average Bonchev–Trinajstić information content (AvgIpc) is 3.23. The van der Waals surface area contributed by atoms with Gasteiger partial charge in [0.2, 0.25) is 0 Å². The molecule has 2 aromatic rings. The number of nitrogens with one attached hydrogen (secondary N) is 1. The van der Waals surface area contributed by atoms with E-state index in [1.54, 1.807) is 12.1 Å². The van der Waals surface area contributed by atoms with Gasteiger partial charge in [0.15, 0.2) is 11.5 Å². The highest BCUT2D eigenvalue weighted by Crippen LogP contribution is 2.31. The van der Waals surface area contributed by atoms with Crippen molar-refractivity contribution in [2.24, 2.45) is 5.10 Å². The molecule has 0 amide bonds. The number of hydrogen-bond donors (Lipinski definition) is 1. The van der Waals surface area contributed by atoms with Crippen molar-refractivity contribution in [1.82, 2.24) is 5.43 Å². The zero-order valence-electron chi connectivity index (χ0n) is 12.8. The van der Waals surface area contributed by atoms with Crippen molar-refractivity contribution >= 4 is 28.8 Å². The largest absolute Gasteiger partial charge is 0.464 e. The molecule has 0 radical (unpaired) electrons. The Morgan fingerprint density at radius 3 is 2.57 bits per heavy atom. The summed E-state index contributed by atoms with van der Waals surface area (Å²) in [6.07, 6.45) is 0. The molecule has 23 heavy (non-hydrogen) atoms. The number of benzene rings is 1. The molecule has 2 atom stereocenters. The highest BCUT2D eigenvalue weighted by Gasteiger charge is 2.42. The van der Waals surface area contributed by atoms with Crippen LogP contribution in [0.1, 0.15) is 26.7 Å². The Morgan fingerprint density at radius 1 is 1.22 bits per heavy atom. The maximum absolute atomic E-state index is 12.8. The van der Waals surface area contributed by atoms with Crippen LogP contribution in [-0.2, 0) is 9.53 Å². The van der Waals surface area contributed by atoms with Crippen LogP contribution in [0.25, 0.3) is 0 Å². The molecule has 3 rings (SSSR count). The Hall–Kier alpha value is -2.47. The van der Waals surface area contributed by atoms with E-state index in [1.807, 2.05) is 36.6 Å². The highest BCUT2D eigenvalue weighted by molar-refractivity contribution is 7.10. The number of esters is 1. The second-order valence-electron chi connectivity index (χ2n) is 5.32. The minimum Gasteiger partial charge on any atom is -0.464 e. The van der Waals surface area contributed by atoms with Gasteiger partial charge in [-0.05, 0) is 18.4 Å². The van der Waals surface area contributed by atoms with Crippen LogP contribution < -0.4 is 5.43 Å². The third-order valence-corrected chi connectivity index (χ3v) is 4.77. The first-order valence-electron chi connectivity index (χ1n) is 7.17. The zero-order valence-corrected chi connectivity index (χ0v) is 13.6. The van der Waals surface area contributed by atoms with E-state index in [0.717, 1.165) is 10.4 Å². The molecule has 2 heterocycles.